The summed E-state index contributed by atoms with van der Waals surface area (Å²) in [4.78, 5) is 8.16. The van der Waals surface area contributed by atoms with Crippen molar-refractivity contribution < 1.29 is 4.52 Å². The molecule has 0 saturated heterocycles. The van der Waals surface area contributed by atoms with Gasteiger partial charge in [-0.15, -0.1) is 0 Å². The molecule has 0 unspecified atom stereocenters. The highest BCUT2D eigenvalue weighted by molar-refractivity contribution is 5.87. The molecule has 2 aromatic heterocycles. The van der Waals surface area contributed by atoms with Crippen LogP contribution in [0.4, 0.5) is 5.88 Å². The van der Waals surface area contributed by atoms with Gasteiger partial charge in [-0.2, -0.15) is 0 Å². The molecule has 0 aliphatic rings. The Morgan fingerprint density at radius 1 is 1.05 bits per heavy atom. The number of nitrogens with two attached hydrogens (primary N) is 1. The van der Waals surface area contributed by atoms with Gasteiger partial charge in [-0.1, -0.05) is 23.4 Å². The first-order chi connectivity index (χ1) is 9.68. The van der Waals surface area contributed by atoms with Crippen LogP contribution in [0.3, 0.4) is 0 Å². The molecule has 3 aromatic rings. The number of rotatable bonds is 2. The lowest BCUT2D eigenvalue weighted by molar-refractivity contribution is 0.439. The predicted molar refractivity (Wildman–Crippen MR) is 76.9 cm³/mol. The number of anilines is 1. The zero-order valence-electron chi connectivity index (χ0n) is 11.3. The highest BCUT2D eigenvalue weighted by Gasteiger charge is 2.20. The molecule has 0 bridgehead atoms. The number of nitrogens with zero attached hydrogens (tertiary/aromatic N) is 3. The number of nitrogen functional groups attached to an aromatic ring is 1. The van der Waals surface area contributed by atoms with Crippen LogP contribution >= 0.6 is 0 Å². The van der Waals surface area contributed by atoms with Crippen molar-refractivity contribution in [3.05, 3.63) is 47.9 Å². The van der Waals surface area contributed by atoms with Crippen molar-refractivity contribution in [2.75, 3.05) is 5.73 Å². The lowest BCUT2D eigenvalue weighted by atomic mass is 9.96. The zero-order chi connectivity index (χ0) is 14.1. The third-order valence-corrected chi connectivity index (χ3v) is 3.27. The Hall–Kier alpha value is -2.69. The highest BCUT2D eigenvalue weighted by atomic mass is 16.5. The minimum Gasteiger partial charge on any atom is -0.367 e. The molecule has 1 aromatic carbocycles. The summed E-state index contributed by atoms with van der Waals surface area (Å²) in [6.45, 7) is 4.08. The summed E-state index contributed by atoms with van der Waals surface area (Å²) >= 11 is 0. The summed E-state index contributed by atoms with van der Waals surface area (Å²) in [5.41, 5.74) is 11.3. The standard InChI is InChI=1S/C15H14N4O/c1-9-4-3-5-10(2)12(9)14-13(15(16)20-19-14)11-6-7-17-8-18-11/h3-8H,16H2,1-2H3. The molecule has 0 fully saturated rings. The smallest absolute Gasteiger partial charge is 0.232 e. The van der Waals surface area contributed by atoms with Gasteiger partial charge >= 0.3 is 0 Å². The second kappa shape index (κ2) is 4.77. The number of hydrogen-bond acceptors (Lipinski definition) is 5. The van der Waals surface area contributed by atoms with E-state index in [1.54, 1.807) is 12.3 Å². The van der Waals surface area contributed by atoms with E-state index in [-0.39, 0.29) is 5.88 Å². The van der Waals surface area contributed by atoms with Crippen LogP contribution in [0.15, 0.2) is 41.3 Å². The topological polar surface area (TPSA) is 77.8 Å². The third kappa shape index (κ3) is 1.93. The highest BCUT2D eigenvalue weighted by Crippen LogP contribution is 2.37. The molecule has 2 N–H and O–H groups in total. The molecular formula is C15H14N4O. The van der Waals surface area contributed by atoms with Crippen LogP contribution in [0.5, 0.6) is 0 Å². The molecule has 0 aliphatic carbocycles. The van der Waals surface area contributed by atoms with Crippen LogP contribution in [-0.2, 0) is 0 Å². The van der Waals surface area contributed by atoms with E-state index >= 15 is 0 Å². The lowest BCUT2D eigenvalue weighted by Gasteiger charge is -2.08. The Kier molecular flexibility index (Phi) is 2.95. The van der Waals surface area contributed by atoms with E-state index < -0.39 is 0 Å². The monoisotopic (exact) mass is 266 g/mol. The van der Waals surface area contributed by atoms with Gasteiger partial charge in [0.15, 0.2) is 0 Å². The van der Waals surface area contributed by atoms with Crippen LogP contribution in [-0.4, -0.2) is 15.1 Å². The molecule has 3 rings (SSSR count). The maximum Gasteiger partial charge on any atom is 0.232 e. The van der Waals surface area contributed by atoms with E-state index in [1.807, 2.05) is 32.0 Å². The van der Waals surface area contributed by atoms with Crippen molar-refractivity contribution in [1.29, 1.82) is 0 Å². The third-order valence-electron chi connectivity index (χ3n) is 3.27. The van der Waals surface area contributed by atoms with E-state index in [1.165, 1.54) is 6.33 Å². The van der Waals surface area contributed by atoms with E-state index in [0.29, 0.717) is 11.3 Å². The summed E-state index contributed by atoms with van der Waals surface area (Å²) in [6, 6.07) is 7.88. The fourth-order valence-electron chi connectivity index (χ4n) is 2.35. The van der Waals surface area contributed by atoms with E-state index in [9.17, 15) is 0 Å². The van der Waals surface area contributed by atoms with Crippen LogP contribution in [0.25, 0.3) is 22.5 Å². The Balaban J connectivity index is 2.27. The molecule has 0 atom stereocenters. The average Bonchev–Trinajstić information content (AvgIpc) is 2.81. The minimum absolute atomic E-state index is 0.265. The van der Waals surface area contributed by atoms with Gasteiger partial charge in [0.05, 0.1) is 11.3 Å². The first-order valence-corrected chi connectivity index (χ1v) is 6.26. The summed E-state index contributed by atoms with van der Waals surface area (Å²) in [6.07, 6.45) is 3.15. The summed E-state index contributed by atoms with van der Waals surface area (Å²) in [7, 11) is 0. The van der Waals surface area contributed by atoms with E-state index in [4.69, 9.17) is 10.3 Å². The van der Waals surface area contributed by atoms with Gasteiger partial charge in [0.1, 0.15) is 12.0 Å². The normalized spacial score (nSPS) is 10.7. The van der Waals surface area contributed by atoms with E-state index in [2.05, 4.69) is 15.1 Å². The van der Waals surface area contributed by atoms with Gasteiger partial charge in [0.25, 0.3) is 0 Å². The molecule has 100 valence electrons. The van der Waals surface area contributed by atoms with E-state index in [0.717, 1.165) is 22.4 Å². The Bertz CT molecular complexity index is 730. The molecule has 5 heteroatoms. The average molecular weight is 266 g/mol. The van der Waals surface area contributed by atoms with Gasteiger partial charge < -0.3 is 10.3 Å². The molecule has 0 saturated carbocycles. The van der Waals surface area contributed by atoms with Gasteiger partial charge in [0.2, 0.25) is 5.88 Å². The predicted octanol–water partition coefficient (Wildman–Crippen LogP) is 3.00. The van der Waals surface area contributed by atoms with Crippen molar-refractivity contribution in [1.82, 2.24) is 15.1 Å². The maximum absolute atomic E-state index is 5.92. The Morgan fingerprint density at radius 3 is 2.45 bits per heavy atom. The fraction of sp³-hybridized carbons (Fsp3) is 0.133. The first kappa shape index (κ1) is 12.3. The van der Waals surface area contributed by atoms with Crippen LogP contribution in [0, 0.1) is 13.8 Å². The summed E-state index contributed by atoms with van der Waals surface area (Å²) in [5.74, 6) is 0.265. The molecule has 0 spiro atoms. The van der Waals surface area contributed by atoms with Crippen LogP contribution in [0.2, 0.25) is 0 Å². The molecule has 0 amide bonds. The Labute approximate surface area is 116 Å². The van der Waals surface area contributed by atoms with Crippen LogP contribution < -0.4 is 5.73 Å². The summed E-state index contributed by atoms with van der Waals surface area (Å²) in [5, 5.41) is 4.12. The lowest BCUT2D eigenvalue weighted by Crippen LogP contribution is -1.93. The molecular weight excluding hydrogens is 252 g/mol. The summed E-state index contributed by atoms with van der Waals surface area (Å²) < 4.78 is 5.18. The molecule has 2 heterocycles. The van der Waals surface area contributed by atoms with Crippen molar-refractivity contribution in [2.45, 2.75) is 13.8 Å². The number of aryl methyl sites for hydroxylation is 2. The van der Waals surface area contributed by atoms with Gasteiger partial charge in [-0.3, -0.25) is 0 Å². The van der Waals surface area contributed by atoms with Crippen molar-refractivity contribution >= 4 is 5.88 Å². The molecule has 20 heavy (non-hydrogen) atoms. The van der Waals surface area contributed by atoms with Crippen molar-refractivity contribution in [3.63, 3.8) is 0 Å². The number of hydrogen-bond donors (Lipinski definition) is 1. The number of aromatic nitrogens is 3. The van der Waals surface area contributed by atoms with Crippen molar-refractivity contribution in [3.8, 4) is 22.5 Å². The first-order valence-electron chi connectivity index (χ1n) is 6.26. The molecule has 0 radical (unpaired) electrons. The van der Waals surface area contributed by atoms with Gasteiger partial charge in [-0.25, -0.2) is 9.97 Å². The van der Waals surface area contributed by atoms with Gasteiger partial charge in [0, 0.05) is 11.8 Å². The van der Waals surface area contributed by atoms with Gasteiger partial charge in [-0.05, 0) is 31.0 Å². The van der Waals surface area contributed by atoms with Crippen LogP contribution in [0.1, 0.15) is 11.1 Å². The van der Waals surface area contributed by atoms with Crippen molar-refractivity contribution in [2.24, 2.45) is 0 Å². The zero-order valence-corrected chi connectivity index (χ0v) is 11.3. The molecule has 0 aliphatic heterocycles. The second-order valence-electron chi connectivity index (χ2n) is 4.63. The fourth-order valence-corrected chi connectivity index (χ4v) is 2.35. The minimum atomic E-state index is 0.265. The largest absolute Gasteiger partial charge is 0.367 e. The Morgan fingerprint density at radius 2 is 1.80 bits per heavy atom. The maximum atomic E-state index is 5.92. The second-order valence-corrected chi connectivity index (χ2v) is 4.63. The quantitative estimate of drug-likeness (QED) is 0.771. The molecule has 5 nitrogen and oxygen atoms in total. The SMILES string of the molecule is Cc1cccc(C)c1-c1noc(N)c1-c1ccncn1. The number of benzene rings is 1.